The first-order valence-corrected chi connectivity index (χ1v) is 13.7. The fourth-order valence-corrected chi connectivity index (χ4v) is 4.59. The van der Waals surface area contributed by atoms with Gasteiger partial charge in [0.15, 0.2) is 5.60 Å². The van der Waals surface area contributed by atoms with E-state index in [1.807, 2.05) is 36.4 Å². The zero-order valence-electron chi connectivity index (χ0n) is 23.7. The van der Waals surface area contributed by atoms with Crippen molar-refractivity contribution in [3.63, 3.8) is 0 Å². The third-order valence-electron chi connectivity index (χ3n) is 7.01. The lowest BCUT2D eigenvalue weighted by atomic mass is 9.84. The van der Waals surface area contributed by atoms with Crippen molar-refractivity contribution in [2.45, 2.75) is 24.7 Å². The number of halogens is 4. The summed E-state index contributed by atoms with van der Waals surface area (Å²) in [5.74, 6) is 0.477. The van der Waals surface area contributed by atoms with Crippen molar-refractivity contribution in [2.24, 2.45) is 0 Å². The molecule has 0 fully saturated rings. The topological polar surface area (TPSA) is 112 Å². The first-order chi connectivity index (χ1) is 22.2. The standard InChI is InChI=1S/C33H22F4N6O3/c34-26-10-13-28(29(35)17-26)32(44,20-43-21-40-41-42-43)33(36,37)30-14-7-23(18-39-30)4-1-22-2-5-24(6-3-22)19-46-27-11-8-25(9-12-27)31-38-15-16-45-31/h2-3,5-18,21,44H,19-20H2. The number of rotatable bonds is 9. The smallest absolute Gasteiger partial charge is 0.323 e. The summed E-state index contributed by atoms with van der Waals surface area (Å²) < 4.78 is 72.0. The molecule has 9 nitrogen and oxygen atoms in total. The van der Waals surface area contributed by atoms with E-state index in [9.17, 15) is 13.9 Å². The summed E-state index contributed by atoms with van der Waals surface area (Å²) in [5, 5.41) is 21.5. The number of aliphatic hydroxyl groups is 1. The highest BCUT2D eigenvalue weighted by molar-refractivity contribution is 5.54. The van der Waals surface area contributed by atoms with Crippen LogP contribution in [0.25, 0.3) is 11.5 Å². The minimum absolute atomic E-state index is 0.317. The van der Waals surface area contributed by atoms with Gasteiger partial charge in [-0.05, 0) is 76.7 Å². The van der Waals surface area contributed by atoms with Crippen LogP contribution in [0, 0.1) is 23.5 Å². The van der Waals surface area contributed by atoms with Gasteiger partial charge in [-0.3, -0.25) is 4.98 Å². The monoisotopic (exact) mass is 626 g/mol. The first-order valence-electron chi connectivity index (χ1n) is 13.7. The maximum absolute atomic E-state index is 15.9. The maximum Gasteiger partial charge on any atom is 0.323 e. The fraction of sp³-hybridized carbons (Fsp3) is 0.121. The van der Waals surface area contributed by atoms with Crippen LogP contribution in [0.3, 0.4) is 0 Å². The summed E-state index contributed by atoms with van der Waals surface area (Å²) in [6, 6.07) is 18.9. The van der Waals surface area contributed by atoms with Crippen molar-refractivity contribution in [2.75, 3.05) is 0 Å². The van der Waals surface area contributed by atoms with Crippen LogP contribution in [0.4, 0.5) is 17.6 Å². The molecule has 6 aromatic rings. The van der Waals surface area contributed by atoms with E-state index < -0.39 is 41.0 Å². The Morgan fingerprint density at radius 3 is 2.30 bits per heavy atom. The van der Waals surface area contributed by atoms with Crippen LogP contribution in [0.1, 0.15) is 27.9 Å². The summed E-state index contributed by atoms with van der Waals surface area (Å²) in [5.41, 5.74) is -2.23. The normalized spacial score (nSPS) is 12.6. The minimum Gasteiger partial charge on any atom is -0.489 e. The average Bonchev–Trinajstić information content (AvgIpc) is 3.79. The van der Waals surface area contributed by atoms with Gasteiger partial charge < -0.3 is 14.3 Å². The van der Waals surface area contributed by atoms with E-state index in [1.54, 1.807) is 18.3 Å². The quantitative estimate of drug-likeness (QED) is 0.162. The van der Waals surface area contributed by atoms with E-state index in [1.165, 1.54) is 12.3 Å². The number of pyridine rings is 1. The van der Waals surface area contributed by atoms with Crippen molar-refractivity contribution in [1.82, 2.24) is 30.2 Å². The summed E-state index contributed by atoms with van der Waals surface area (Å²) in [6.45, 7) is -0.622. The van der Waals surface area contributed by atoms with Gasteiger partial charge in [0.1, 0.15) is 42.3 Å². The second-order valence-corrected chi connectivity index (χ2v) is 10.1. The molecule has 3 heterocycles. The lowest BCUT2D eigenvalue weighted by molar-refractivity contribution is -0.207. The number of oxazole rings is 1. The molecule has 1 atom stereocenters. The molecule has 0 spiro atoms. The van der Waals surface area contributed by atoms with Gasteiger partial charge in [0.2, 0.25) is 5.89 Å². The highest BCUT2D eigenvalue weighted by atomic mass is 19.3. The van der Waals surface area contributed by atoms with E-state index in [4.69, 9.17) is 9.15 Å². The van der Waals surface area contributed by atoms with Crippen LogP contribution in [-0.4, -0.2) is 35.3 Å². The largest absolute Gasteiger partial charge is 0.489 e. The predicted octanol–water partition coefficient (Wildman–Crippen LogP) is 5.66. The Morgan fingerprint density at radius 2 is 1.65 bits per heavy atom. The lowest BCUT2D eigenvalue weighted by Crippen LogP contribution is -2.48. The number of nitrogens with zero attached hydrogens (tertiary/aromatic N) is 6. The highest BCUT2D eigenvalue weighted by Crippen LogP contribution is 2.46. The zero-order chi connectivity index (χ0) is 32.1. The summed E-state index contributed by atoms with van der Waals surface area (Å²) in [7, 11) is 0. The van der Waals surface area contributed by atoms with Crippen LogP contribution < -0.4 is 4.74 Å². The van der Waals surface area contributed by atoms with Gasteiger partial charge in [-0.15, -0.1) is 5.10 Å². The van der Waals surface area contributed by atoms with Crippen molar-refractivity contribution >= 4 is 0 Å². The Kier molecular flexibility index (Phi) is 8.28. The Hall–Kier alpha value is -5.87. The van der Waals surface area contributed by atoms with Crippen molar-refractivity contribution < 1.29 is 31.8 Å². The number of aromatic nitrogens is 6. The fourth-order valence-electron chi connectivity index (χ4n) is 4.59. The van der Waals surface area contributed by atoms with Gasteiger partial charge >= 0.3 is 5.92 Å². The number of hydrogen-bond donors (Lipinski definition) is 1. The molecule has 6 rings (SSSR count). The Balaban J connectivity index is 1.14. The molecule has 0 saturated carbocycles. The van der Waals surface area contributed by atoms with Crippen LogP contribution in [0.5, 0.6) is 5.75 Å². The van der Waals surface area contributed by atoms with E-state index >= 15 is 8.78 Å². The molecule has 0 aliphatic carbocycles. The van der Waals surface area contributed by atoms with Crippen LogP contribution in [-0.2, 0) is 24.7 Å². The number of hydrogen-bond acceptors (Lipinski definition) is 8. The highest BCUT2D eigenvalue weighted by Gasteiger charge is 2.58. The zero-order valence-corrected chi connectivity index (χ0v) is 23.7. The molecule has 3 aromatic carbocycles. The second kappa shape index (κ2) is 12.6. The Bertz CT molecular complexity index is 1980. The molecule has 46 heavy (non-hydrogen) atoms. The predicted molar refractivity (Wildman–Crippen MR) is 155 cm³/mol. The van der Waals surface area contributed by atoms with Gasteiger partial charge in [0.05, 0.1) is 12.7 Å². The molecule has 0 aliphatic rings. The van der Waals surface area contributed by atoms with Gasteiger partial charge in [-0.1, -0.05) is 24.0 Å². The van der Waals surface area contributed by atoms with E-state index in [2.05, 4.69) is 37.3 Å². The molecule has 0 radical (unpaired) electrons. The average molecular weight is 627 g/mol. The van der Waals surface area contributed by atoms with Crippen molar-refractivity contribution in [1.29, 1.82) is 0 Å². The minimum atomic E-state index is -4.17. The van der Waals surface area contributed by atoms with Crippen molar-refractivity contribution in [3.05, 3.63) is 143 Å². The third-order valence-corrected chi connectivity index (χ3v) is 7.01. The SMILES string of the molecule is OC(Cn1cnnn1)(c1ccc(F)cc1F)C(F)(F)c1ccc(C#Cc2ccc(COc3ccc(-c4ncco4)cc3)cc2)cn1. The molecule has 230 valence electrons. The molecular formula is C33H22F4N6O3. The molecule has 13 heteroatoms. The van der Waals surface area contributed by atoms with Gasteiger partial charge in [0.25, 0.3) is 0 Å². The summed E-state index contributed by atoms with van der Waals surface area (Å²) in [4.78, 5) is 7.94. The van der Waals surface area contributed by atoms with Crippen molar-refractivity contribution in [3.8, 4) is 29.0 Å². The maximum atomic E-state index is 15.9. The summed E-state index contributed by atoms with van der Waals surface area (Å²) in [6.07, 6.45) is 5.18. The number of benzene rings is 3. The number of tetrazole rings is 1. The number of ether oxygens (including phenoxy) is 1. The molecule has 0 saturated heterocycles. The van der Waals surface area contributed by atoms with Crippen LogP contribution in [0.2, 0.25) is 0 Å². The van der Waals surface area contributed by atoms with Gasteiger partial charge in [0, 0.05) is 34.5 Å². The van der Waals surface area contributed by atoms with E-state index in [0.29, 0.717) is 35.4 Å². The Morgan fingerprint density at radius 1 is 0.891 bits per heavy atom. The van der Waals surface area contributed by atoms with E-state index in [-0.39, 0.29) is 0 Å². The van der Waals surface area contributed by atoms with Crippen LogP contribution in [0.15, 0.2) is 108 Å². The van der Waals surface area contributed by atoms with E-state index in [0.717, 1.165) is 46.5 Å². The third kappa shape index (κ3) is 6.33. The lowest BCUT2D eigenvalue weighted by Gasteiger charge is -2.35. The molecule has 3 aromatic heterocycles. The molecular weight excluding hydrogens is 604 g/mol. The summed E-state index contributed by atoms with van der Waals surface area (Å²) >= 11 is 0. The molecule has 1 N–H and O–H groups in total. The molecule has 0 bridgehead atoms. The first kappa shape index (κ1) is 30.2. The Labute approximate surface area is 259 Å². The number of alkyl halides is 2. The van der Waals surface area contributed by atoms with Crippen LogP contribution >= 0.6 is 0 Å². The molecule has 0 aliphatic heterocycles. The van der Waals surface area contributed by atoms with Gasteiger partial charge in [-0.2, -0.15) is 8.78 Å². The van der Waals surface area contributed by atoms with Gasteiger partial charge in [-0.25, -0.2) is 18.4 Å². The molecule has 0 amide bonds. The molecule has 1 unspecified atom stereocenters. The second-order valence-electron chi connectivity index (χ2n) is 10.1.